The zero-order valence-electron chi connectivity index (χ0n) is 22.7. The summed E-state index contributed by atoms with van der Waals surface area (Å²) in [6, 6.07) is 45.1. The number of nitrogens with zero attached hydrogens (tertiary/aromatic N) is 1. The second kappa shape index (κ2) is 7.84. The van der Waals surface area contributed by atoms with E-state index in [0.717, 1.165) is 0 Å². The molecule has 1 nitrogen and oxygen atoms in total. The average molecular weight is 528 g/mol. The van der Waals surface area contributed by atoms with Gasteiger partial charge < -0.3 is 4.57 Å². The third-order valence-electron chi connectivity index (χ3n) is 9.81. The summed E-state index contributed by atoms with van der Waals surface area (Å²) in [7, 11) is -1.96. The maximum absolute atomic E-state index is 2.66. The van der Waals surface area contributed by atoms with E-state index in [1.807, 2.05) is 0 Å². The van der Waals surface area contributed by atoms with Gasteiger partial charge in [0.2, 0.25) is 0 Å². The van der Waals surface area contributed by atoms with Crippen LogP contribution in [0.1, 0.15) is 38.9 Å². The third-order valence-corrected chi connectivity index (χ3v) is 14.0. The molecule has 0 radical (unpaired) electrons. The van der Waals surface area contributed by atoms with Gasteiger partial charge in [-0.1, -0.05) is 116 Å². The first-order chi connectivity index (χ1) is 19.6. The largest absolute Gasteiger partial charge is 0.309 e. The first kappa shape index (κ1) is 22.4. The van der Waals surface area contributed by atoms with Gasteiger partial charge in [-0.15, -0.1) is 0 Å². The molecular formula is C38H29NSi. The maximum Gasteiger partial charge on any atom is 0.0732 e. The fourth-order valence-electron chi connectivity index (χ4n) is 8.36. The van der Waals surface area contributed by atoms with Gasteiger partial charge in [0.25, 0.3) is 0 Å². The second-order valence-corrected chi connectivity index (χ2v) is 17.0. The van der Waals surface area contributed by atoms with Gasteiger partial charge in [0.15, 0.2) is 0 Å². The van der Waals surface area contributed by atoms with Crippen LogP contribution in [0, 0.1) is 0 Å². The van der Waals surface area contributed by atoms with E-state index in [-0.39, 0.29) is 0 Å². The molecule has 2 heterocycles. The Balaban J connectivity index is 1.36. The summed E-state index contributed by atoms with van der Waals surface area (Å²) in [5.74, 6) is 0. The van der Waals surface area contributed by atoms with Crippen LogP contribution in [0.4, 0.5) is 0 Å². The summed E-state index contributed by atoms with van der Waals surface area (Å²) in [4.78, 5) is 0. The number of fused-ring (bicyclic) bond motifs is 9. The van der Waals surface area contributed by atoms with E-state index in [0.29, 0.717) is 11.1 Å². The second-order valence-electron chi connectivity index (χ2n) is 12.2. The van der Waals surface area contributed by atoms with Gasteiger partial charge in [0, 0.05) is 27.7 Å². The van der Waals surface area contributed by atoms with Crippen LogP contribution in [0.2, 0.25) is 13.1 Å². The molecule has 0 N–H and O–H groups in total. The number of benzene rings is 5. The van der Waals surface area contributed by atoms with Crippen LogP contribution < -0.4 is 0 Å². The molecule has 3 aliphatic rings. The van der Waals surface area contributed by atoms with Crippen LogP contribution in [0.5, 0.6) is 0 Å². The highest BCUT2D eigenvalue weighted by atomic mass is 28.3. The molecule has 40 heavy (non-hydrogen) atoms. The summed E-state index contributed by atoms with van der Waals surface area (Å²) >= 11 is 0. The van der Waals surface area contributed by atoms with E-state index in [1.54, 1.807) is 16.7 Å². The molecule has 0 saturated carbocycles. The monoisotopic (exact) mass is 527 g/mol. The Bertz CT molecular complexity index is 2030. The van der Waals surface area contributed by atoms with Crippen molar-refractivity contribution >= 4 is 30.6 Å². The van der Waals surface area contributed by atoms with E-state index in [9.17, 15) is 0 Å². The van der Waals surface area contributed by atoms with Crippen molar-refractivity contribution in [2.24, 2.45) is 0 Å². The maximum atomic E-state index is 2.66. The fraction of sp³-hybridized carbons (Fsp3) is 0.105. The molecule has 5 aromatic carbocycles. The van der Waals surface area contributed by atoms with Gasteiger partial charge in [0.1, 0.15) is 0 Å². The highest BCUT2D eigenvalue weighted by Crippen LogP contribution is 2.65. The van der Waals surface area contributed by atoms with Gasteiger partial charge in [-0.25, -0.2) is 0 Å². The topological polar surface area (TPSA) is 4.93 Å². The summed E-state index contributed by atoms with van der Waals surface area (Å²) in [5, 5.41) is 1.41. The average Bonchev–Trinajstić information content (AvgIpc) is 3.66. The van der Waals surface area contributed by atoms with E-state index >= 15 is 0 Å². The molecule has 0 saturated heterocycles. The van der Waals surface area contributed by atoms with Crippen LogP contribution in [-0.4, -0.2) is 12.6 Å². The molecule has 1 aliphatic heterocycles. The van der Waals surface area contributed by atoms with Crippen molar-refractivity contribution in [3.63, 3.8) is 0 Å². The third kappa shape index (κ3) is 2.72. The normalized spacial score (nSPS) is 19.1. The van der Waals surface area contributed by atoms with Crippen LogP contribution in [-0.2, 0) is 0 Å². The minimum Gasteiger partial charge on any atom is -0.309 e. The van der Waals surface area contributed by atoms with Gasteiger partial charge in [-0.05, 0) is 68.8 Å². The highest BCUT2D eigenvalue weighted by Gasteiger charge is 2.55. The number of hydrogen-bond acceptors (Lipinski definition) is 0. The SMILES string of the molecule is C[Si]1(C)C2C(=Cc3c(-c4ccccc4)cccc32)c2cccc3c2C1c1c-3n(-c2ccccc2)c2ccccc12. The lowest BCUT2D eigenvalue weighted by Gasteiger charge is -2.44. The van der Waals surface area contributed by atoms with E-state index in [1.165, 1.54) is 55.7 Å². The van der Waals surface area contributed by atoms with Gasteiger partial charge in [-0.3, -0.25) is 0 Å². The first-order valence-electron chi connectivity index (χ1n) is 14.4. The number of para-hydroxylation sites is 2. The minimum atomic E-state index is -1.96. The predicted molar refractivity (Wildman–Crippen MR) is 171 cm³/mol. The van der Waals surface area contributed by atoms with Crippen molar-refractivity contribution in [1.29, 1.82) is 0 Å². The van der Waals surface area contributed by atoms with E-state index in [2.05, 4.69) is 145 Å². The summed E-state index contributed by atoms with van der Waals surface area (Å²) in [6.07, 6.45) is 2.55. The molecule has 2 atom stereocenters. The molecule has 9 rings (SSSR count). The zero-order chi connectivity index (χ0) is 26.6. The molecular weight excluding hydrogens is 499 g/mol. The Labute approximate surface area is 236 Å². The van der Waals surface area contributed by atoms with Crippen molar-refractivity contribution in [3.05, 3.63) is 149 Å². The molecule has 1 aromatic heterocycles. The van der Waals surface area contributed by atoms with Gasteiger partial charge in [-0.2, -0.15) is 0 Å². The summed E-state index contributed by atoms with van der Waals surface area (Å²) < 4.78 is 2.54. The molecule has 0 bridgehead atoms. The Hall–Kier alpha value is -4.40. The van der Waals surface area contributed by atoms with Gasteiger partial charge >= 0.3 is 0 Å². The first-order valence-corrected chi connectivity index (χ1v) is 17.5. The predicted octanol–water partition coefficient (Wildman–Crippen LogP) is 9.85. The fourth-order valence-corrected chi connectivity index (χ4v) is 12.9. The Morgan fingerprint density at radius 1 is 0.575 bits per heavy atom. The molecule has 6 aromatic rings. The molecule has 2 aliphatic carbocycles. The van der Waals surface area contributed by atoms with Crippen LogP contribution in [0.15, 0.2) is 121 Å². The van der Waals surface area contributed by atoms with E-state index < -0.39 is 8.07 Å². The molecule has 2 unspecified atom stereocenters. The van der Waals surface area contributed by atoms with Crippen molar-refractivity contribution in [2.45, 2.75) is 24.2 Å². The molecule has 190 valence electrons. The number of aromatic nitrogens is 1. The van der Waals surface area contributed by atoms with E-state index in [4.69, 9.17) is 0 Å². The number of hydrogen-bond donors (Lipinski definition) is 0. The Morgan fingerprint density at radius 2 is 1.25 bits per heavy atom. The van der Waals surface area contributed by atoms with Crippen molar-refractivity contribution in [1.82, 2.24) is 4.57 Å². The lowest BCUT2D eigenvalue weighted by molar-refractivity contribution is 1.00. The highest BCUT2D eigenvalue weighted by molar-refractivity contribution is 6.84. The number of allylic oxidation sites excluding steroid dienone is 1. The van der Waals surface area contributed by atoms with Crippen molar-refractivity contribution < 1.29 is 0 Å². The van der Waals surface area contributed by atoms with Crippen LogP contribution in [0.3, 0.4) is 0 Å². The van der Waals surface area contributed by atoms with Gasteiger partial charge in [0.05, 0.1) is 19.3 Å². The molecule has 0 fully saturated rings. The summed E-state index contributed by atoms with van der Waals surface area (Å²) in [5.41, 5.74) is 18.1. The standard InChI is InChI=1S/C38H29NSi/c1-40(2)37-28-20-11-18-26(24-13-5-3-6-14-24)31(28)23-32(37)27-19-12-21-30-34(27)38(40)35-29-17-9-10-22-33(29)39(36(30)35)25-15-7-4-8-16-25/h3-23,37-38H,1-2H3. The smallest absolute Gasteiger partial charge is 0.0732 e. The lowest BCUT2D eigenvalue weighted by atomic mass is 9.92. The minimum absolute atomic E-state index is 0.456. The molecule has 0 amide bonds. The Kier molecular flexibility index (Phi) is 4.39. The Morgan fingerprint density at radius 3 is 2.08 bits per heavy atom. The summed E-state index contributed by atoms with van der Waals surface area (Å²) in [6.45, 7) is 5.31. The van der Waals surface area contributed by atoms with Crippen molar-refractivity contribution in [3.8, 4) is 28.1 Å². The van der Waals surface area contributed by atoms with Crippen LogP contribution >= 0.6 is 0 Å². The molecule has 2 heteroatoms. The van der Waals surface area contributed by atoms with Crippen LogP contribution in [0.25, 0.3) is 50.6 Å². The number of rotatable bonds is 2. The lowest BCUT2D eigenvalue weighted by Crippen LogP contribution is -2.45. The quantitative estimate of drug-likeness (QED) is 0.198. The zero-order valence-corrected chi connectivity index (χ0v) is 23.7. The molecule has 0 spiro atoms. The van der Waals surface area contributed by atoms with Crippen molar-refractivity contribution in [2.75, 3.05) is 0 Å².